The first kappa shape index (κ1) is 22.3. The smallest absolute Gasteiger partial charge is 0.309 e. The van der Waals surface area contributed by atoms with Crippen LogP contribution in [0.25, 0.3) is 21.7 Å². The summed E-state index contributed by atoms with van der Waals surface area (Å²) in [6, 6.07) is 7.44. The Morgan fingerprint density at radius 2 is 1.94 bits per heavy atom. The number of thiophene rings is 1. The van der Waals surface area contributed by atoms with Crippen molar-refractivity contribution in [2.75, 3.05) is 25.1 Å². The van der Waals surface area contributed by atoms with Crippen LogP contribution in [0.4, 0.5) is 5.82 Å². The fourth-order valence-corrected chi connectivity index (χ4v) is 5.22. The van der Waals surface area contributed by atoms with Gasteiger partial charge in [-0.3, -0.25) is 4.79 Å². The molecule has 0 amide bonds. The SMILES string of the molecule is COc1ccc(-c2nc(COC(=O)C3CCN(c4ncnc5sc(C)c(C)c45)CC3)co2)cc1. The summed E-state index contributed by atoms with van der Waals surface area (Å²) in [6.07, 6.45) is 4.61. The van der Waals surface area contributed by atoms with Crippen LogP contribution in [0, 0.1) is 19.8 Å². The molecule has 4 heterocycles. The number of aryl methyl sites for hydroxylation is 2. The zero-order valence-corrected chi connectivity index (χ0v) is 20.2. The van der Waals surface area contributed by atoms with Gasteiger partial charge in [-0.1, -0.05) is 0 Å². The standard InChI is InChI=1S/C25H26N4O4S/c1-15-16(2)34-24-21(15)22(26-14-27-24)29-10-8-18(9-11-29)25(30)33-13-19-12-32-23(28-19)17-4-6-20(31-3)7-5-17/h4-7,12,14,18H,8-11,13H2,1-3H3. The second-order valence-electron chi connectivity index (χ2n) is 8.40. The highest BCUT2D eigenvalue weighted by atomic mass is 32.1. The number of methoxy groups -OCH3 is 1. The van der Waals surface area contributed by atoms with E-state index in [-0.39, 0.29) is 18.5 Å². The molecule has 3 aromatic heterocycles. The summed E-state index contributed by atoms with van der Waals surface area (Å²) < 4.78 is 16.3. The lowest BCUT2D eigenvalue weighted by atomic mass is 9.97. The molecule has 176 valence electrons. The minimum atomic E-state index is -0.191. The molecule has 0 aliphatic carbocycles. The average Bonchev–Trinajstić information content (AvgIpc) is 3.47. The van der Waals surface area contributed by atoms with E-state index >= 15 is 0 Å². The van der Waals surface area contributed by atoms with Gasteiger partial charge in [0.15, 0.2) is 0 Å². The van der Waals surface area contributed by atoms with Crippen LogP contribution in [0.5, 0.6) is 5.75 Å². The highest BCUT2D eigenvalue weighted by molar-refractivity contribution is 7.18. The first-order valence-corrected chi connectivity index (χ1v) is 12.1. The normalized spacial score (nSPS) is 14.5. The number of ether oxygens (including phenoxy) is 2. The summed E-state index contributed by atoms with van der Waals surface area (Å²) in [5.74, 6) is 1.89. The predicted octanol–water partition coefficient (Wildman–Crippen LogP) is 4.93. The summed E-state index contributed by atoms with van der Waals surface area (Å²) in [7, 11) is 1.62. The van der Waals surface area contributed by atoms with E-state index in [9.17, 15) is 4.79 Å². The van der Waals surface area contributed by atoms with Crippen LogP contribution in [0.2, 0.25) is 0 Å². The van der Waals surface area contributed by atoms with Crippen molar-refractivity contribution in [3.63, 3.8) is 0 Å². The number of aromatic nitrogens is 3. The number of nitrogens with zero attached hydrogens (tertiary/aromatic N) is 4. The Morgan fingerprint density at radius 3 is 2.68 bits per heavy atom. The van der Waals surface area contributed by atoms with E-state index < -0.39 is 0 Å². The number of rotatable bonds is 6. The average molecular weight is 479 g/mol. The van der Waals surface area contributed by atoms with E-state index in [1.807, 2.05) is 24.3 Å². The third-order valence-corrected chi connectivity index (χ3v) is 7.44. The molecule has 1 aliphatic heterocycles. The van der Waals surface area contributed by atoms with Gasteiger partial charge in [-0.05, 0) is 56.5 Å². The molecule has 8 nitrogen and oxygen atoms in total. The minimum Gasteiger partial charge on any atom is -0.497 e. The summed E-state index contributed by atoms with van der Waals surface area (Å²) in [5.41, 5.74) is 2.66. The highest BCUT2D eigenvalue weighted by Gasteiger charge is 2.28. The first-order valence-electron chi connectivity index (χ1n) is 11.2. The molecule has 0 spiro atoms. The van der Waals surface area contributed by atoms with Crippen LogP contribution in [0.15, 0.2) is 41.3 Å². The predicted molar refractivity (Wildman–Crippen MR) is 130 cm³/mol. The fourth-order valence-electron chi connectivity index (χ4n) is 4.23. The van der Waals surface area contributed by atoms with Crippen LogP contribution in [0.3, 0.4) is 0 Å². The second-order valence-corrected chi connectivity index (χ2v) is 9.61. The number of benzene rings is 1. The minimum absolute atomic E-state index is 0.0958. The van der Waals surface area contributed by atoms with Crippen molar-refractivity contribution in [1.82, 2.24) is 15.0 Å². The number of piperidine rings is 1. The van der Waals surface area contributed by atoms with Gasteiger partial charge in [-0.2, -0.15) is 0 Å². The zero-order valence-electron chi connectivity index (χ0n) is 19.4. The topological polar surface area (TPSA) is 90.6 Å². The van der Waals surface area contributed by atoms with Crippen molar-refractivity contribution in [3.8, 4) is 17.2 Å². The number of esters is 1. The number of hydrogen-bond donors (Lipinski definition) is 0. The molecule has 1 fully saturated rings. The zero-order chi connectivity index (χ0) is 23.7. The van der Waals surface area contributed by atoms with Crippen molar-refractivity contribution in [3.05, 3.63) is 53.0 Å². The lowest BCUT2D eigenvalue weighted by molar-refractivity contribution is -0.150. The van der Waals surface area contributed by atoms with Gasteiger partial charge in [0.05, 0.1) is 18.4 Å². The number of oxazole rings is 1. The molecular weight excluding hydrogens is 452 g/mol. The van der Waals surface area contributed by atoms with Gasteiger partial charge in [0, 0.05) is 23.5 Å². The molecule has 0 N–H and O–H groups in total. The van der Waals surface area contributed by atoms with E-state index in [0.717, 1.165) is 53.3 Å². The maximum absolute atomic E-state index is 12.7. The van der Waals surface area contributed by atoms with E-state index in [2.05, 4.69) is 33.7 Å². The van der Waals surface area contributed by atoms with E-state index in [1.54, 1.807) is 24.8 Å². The van der Waals surface area contributed by atoms with Crippen molar-refractivity contribution in [2.24, 2.45) is 5.92 Å². The third-order valence-electron chi connectivity index (χ3n) is 6.32. The largest absolute Gasteiger partial charge is 0.497 e. The van der Waals surface area contributed by atoms with Crippen LogP contribution < -0.4 is 9.64 Å². The molecule has 9 heteroatoms. The van der Waals surface area contributed by atoms with Crippen molar-refractivity contribution in [2.45, 2.75) is 33.3 Å². The highest BCUT2D eigenvalue weighted by Crippen LogP contribution is 2.35. The maximum atomic E-state index is 12.7. The molecule has 0 radical (unpaired) electrons. The number of carbonyl (C=O) groups is 1. The summed E-state index contributed by atoms with van der Waals surface area (Å²) in [5, 5.41) is 1.13. The molecule has 5 rings (SSSR count). The van der Waals surface area contributed by atoms with Gasteiger partial charge in [-0.15, -0.1) is 11.3 Å². The van der Waals surface area contributed by atoms with Gasteiger partial charge < -0.3 is 18.8 Å². The lowest BCUT2D eigenvalue weighted by Gasteiger charge is -2.32. The van der Waals surface area contributed by atoms with E-state index in [4.69, 9.17) is 13.9 Å². The summed E-state index contributed by atoms with van der Waals surface area (Å²) >= 11 is 1.70. The van der Waals surface area contributed by atoms with Crippen LogP contribution >= 0.6 is 11.3 Å². The third kappa shape index (κ3) is 4.35. The molecule has 34 heavy (non-hydrogen) atoms. The molecule has 4 aromatic rings. The van der Waals surface area contributed by atoms with E-state index in [0.29, 0.717) is 11.6 Å². The van der Waals surface area contributed by atoms with Gasteiger partial charge in [-0.25, -0.2) is 15.0 Å². The van der Waals surface area contributed by atoms with Crippen LogP contribution in [-0.4, -0.2) is 41.1 Å². The van der Waals surface area contributed by atoms with Gasteiger partial charge >= 0.3 is 5.97 Å². The molecule has 1 aromatic carbocycles. The Morgan fingerprint density at radius 1 is 1.18 bits per heavy atom. The monoisotopic (exact) mass is 478 g/mol. The molecule has 1 aliphatic rings. The fraction of sp³-hybridized carbons (Fsp3) is 0.360. The van der Waals surface area contributed by atoms with Crippen LogP contribution in [-0.2, 0) is 16.1 Å². The van der Waals surface area contributed by atoms with Crippen molar-refractivity contribution < 1.29 is 18.7 Å². The Labute approximate surface area is 201 Å². The number of carbonyl (C=O) groups excluding carboxylic acids is 1. The molecule has 0 saturated carbocycles. The number of anilines is 1. The molecular formula is C25H26N4O4S. The number of hydrogen-bond acceptors (Lipinski definition) is 9. The Hall–Kier alpha value is -3.46. The molecule has 0 atom stereocenters. The van der Waals surface area contributed by atoms with Crippen molar-refractivity contribution in [1.29, 1.82) is 0 Å². The van der Waals surface area contributed by atoms with Gasteiger partial charge in [0.25, 0.3) is 0 Å². The first-order chi connectivity index (χ1) is 16.5. The van der Waals surface area contributed by atoms with Crippen molar-refractivity contribution >= 4 is 33.3 Å². The Kier molecular flexibility index (Phi) is 6.19. The van der Waals surface area contributed by atoms with E-state index in [1.165, 1.54) is 16.7 Å². The maximum Gasteiger partial charge on any atom is 0.309 e. The lowest BCUT2D eigenvalue weighted by Crippen LogP contribution is -2.37. The Bertz CT molecular complexity index is 1310. The quantitative estimate of drug-likeness (QED) is 0.360. The summed E-state index contributed by atoms with van der Waals surface area (Å²) in [4.78, 5) is 30.7. The molecule has 1 saturated heterocycles. The van der Waals surface area contributed by atoms with Gasteiger partial charge in [0.1, 0.15) is 41.3 Å². The molecule has 0 unspecified atom stereocenters. The second kappa shape index (κ2) is 9.42. The van der Waals surface area contributed by atoms with Gasteiger partial charge in [0.2, 0.25) is 5.89 Å². The summed E-state index contributed by atoms with van der Waals surface area (Å²) in [6.45, 7) is 5.84. The number of fused-ring (bicyclic) bond motifs is 1. The Balaban J connectivity index is 1.17. The molecule has 0 bridgehead atoms. The van der Waals surface area contributed by atoms with Crippen LogP contribution in [0.1, 0.15) is 29.0 Å².